The number of hydrogen-bond acceptors (Lipinski definition) is 5. The van der Waals surface area contributed by atoms with Gasteiger partial charge >= 0.3 is 0 Å². The monoisotopic (exact) mass is 408 g/mol. The lowest BCUT2D eigenvalue weighted by Gasteiger charge is -2.10. The molecule has 6 heteroatoms. The summed E-state index contributed by atoms with van der Waals surface area (Å²) in [6.07, 6.45) is 0.0991. The third kappa shape index (κ3) is 4.71. The Morgan fingerprint density at radius 2 is 1.79 bits per heavy atom. The summed E-state index contributed by atoms with van der Waals surface area (Å²) < 4.78 is 5.32. The number of carbonyl (C=O) groups is 2. The average molecular weight is 409 g/mol. The van der Waals surface area contributed by atoms with Crippen LogP contribution < -0.4 is 10.1 Å². The Hall–Kier alpha value is -2.99. The smallest absolute Gasteiger partial charge is 0.230 e. The molecule has 0 atom stereocenters. The number of thiazole rings is 1. The van der Waals surface area contributed by atoms with Crippen LogP contribution in [0.2, 0.25) is 0 Å². The van der Waals surface area contributed by atoms with E-state index in [9.17, 15) is 9.59 Å². The third-order valence-corrected chi connectivity index (χ3v) is 5.66. The zero-order valence-corrected chi connectivity index (χ0v) is 18.1. The van der Waals surface area contributed by atoms with Gasteiger partial charge in [-0.1, -0.05) is 6.07 Å². The largest absolute Gasteiger partial charge is 0.496 e. The number of Topliss-reactive ketones (excluding diaryl/α,β-unsaturated/α-hetero) is 1. The molecule has 0 aliphatic heterocycles. The summed E-state index contributed by atoms with van der Waals surface area (Å²) in [6, 6.07) is 9.39. The first-order chi connectivity index (χ1) is 13.8. The topological polar surface area (TPSA) is 68.3 Å². The minimum Gasteiger partial charge on any atom is -0.496 e. The van der Waals surface area contributed by atoms with Crippen LogP contribution in [0.4, 0.5) is 5.13 Å². The highest BCUT2D eigenvalue weighted by atomic mass is 32.1. The van der Waals surface area contributed by atoms with Crippen molar-refractivity contribution in [2.45, 2.75) is 34.1 Å². The molecule has 0 aliphatic carbocycles. The Kier molecular flexibility index (Phi) is 6.13. The van der Waals surface area contributed by atoms with Crippen LogP contribution >= 0.6 is 11.3 Å². The summed E-state index contributed by atoms with van der Waals surface area (Å²) >= 11 is 1.39. The number of carbonyl (C=O) groups excluding carboxylic acids is 2. The first-order valence-corrected chi connectivity index (χ1v) is 10.2. The van der Waals surface area contributed by atoms with Gasteiger partial charge in [0.2, 0.25) is 5.91 Å². The number of aryl methyl sites for hydroxylation is 3. The number of ether oxygens (including phenoxy) is 1. The maximum absolute atomic E-state index is 12.6. The summed E-state index contributed by atoms with van der Waals surface area (Å²) in [6.45, 7) is 7.73. The molecule has 3 rings (SSSR count). The van der Waals surface area contributed by atoms with Crippen molar-refractivity contribution in [3.63, 3.8) is 0 Å². The van der Waals surface area contributed by atoms with Crippen LogP contribution in [-0.2, 0) is 11.2 Å². The lowest BCUT2D eigenvalue weighted by atomic mass is 9.99. The Bertz CT molecular complexity index is 1090. The SMILES string of the molecule is COc1ccc(C(C)=O)cc1CC(=O)Nc1nc(-c2cc(C)c(C)cc2C)cs1. The zero-order valence-electron chi connectivity index (χ0n) is 17.3. The molecule has 0 radical (unpaired) electrons. The molecule has 0 unspecified atom stereocenters. The van der Waals surface area contributed by atoms with E-state index >= 15 is 0 Å². The number of rotatable bonds is 6. The Morgan fingerprint density at radius 1 is 1.07 bits per heavy atom. The summed E-state index contributed by atoms with van der Waals surface area (Å²) in [7, 11) is 1.54. The summed E-state index contributed by atoms with van der Waals surface area (Å²) in [4.78, 5) is 28.8. The number of methoxy groups -OCH3 is 1. The Balaban J connectivity index is 1.77. The van der Waals surface area contributed by atoms with Gasteiger partial charge in [0.15, 0.2) is 10.9 Å². The summed E-state index contributed by atoms with van der Waals surface area (Å²) in [5.74, 6) is 0.320. The highest BCUT2D eigenvalue weighted by molar-refractivity contribution is 7.14. The van der Waals surface area contributed by atoms with Gasteiger partial charge in [-0.25, -0.2) is 4.98 Å². The van der Waals surface area contributed by atoms with Gasteiger partial charge < -0.3 is 10.1 Å². The van der Waals surface area contributed by atoms with E-state index in [2.05, 4.69) is 43.2 Å². The first kappa shape index (κ1) is 20.7. The van der Waals surface area contributed by atoms with Crippen LogP contribution in [0.1, 0.15) is 39.5 Å². The van der Waals surface area contributed by atoms with E-state index in [-0.39, 0.29) is 18.1 Å². The quantitative estimate of drug-likeness (QED) is 0.574. The van der Waals surface area contributed by atoms with Crippen LogP contribution in [-0.4, -0.2) is 23.8 Å². The highest BCUT2D eigenvalue weighted by Crippen LogP contribution is 2.30. The number of nitrogens with zero attached hydrogens (tertiary/aromatic N) is 1. The predicted octanol–water partition coefficient (Wildman–Crippen LogP) is 5.13. The van der Waals surface area contributed by atoms with Crippen molar-refractivity contribution in [2.24, 2.45) is 0 Å². The maximum Gasteiger partial charge on any atom is 0.230 e. The molecule has 3 aromatic rings. The van der Waals surface area contributed by atoms with Crippen molar-refractivity contribution in [3.8, 4) is 17.0 Å². The van der Waals surface area contributed by atoms with E-state index in [1.165, 1.54) is 29.4 Å². The molecule has 5 nitrogen and oxygen atoms in total. The Labute approximate surface area is 174 Å². The molecule has 1 N–H and O–H groups in total. The van der Waals surface area contributed by atoms with Crippen molar-refractivity contribution in [1.82, 2.24) is 4.98 Å². The van der Waals surface area contributed by atoms with Crippen molar-refractivity contribution < 1.29 is 14.3 Å². The molecule has 29 heavy (non-hydrogen) atoms. The molecule has 2 aromatic carbocycles. The fraction of sp³-hybridized carbons (Fsp3) is 0.261. The lowest BCUT2D eigenvalue weighted by Crippen LogP contribution is -2.15. The molecule has 0 spiro atoms. The van der Waals surface area contributed by atoms with Gasteiger partial charge in [0.1, 0.15) is 5.75 Å². The molecule has 0 aliphatic rings. The van der Waals surface area contributed by atoms with Gasteiger partial charge in [0.05, 0.1) is 19.2 Å². The normalized spacial score (nSPS) is 10.7. The summed E-state index contributed by atoms with van der Waals surface area (Å²) in [5, 5.41) is 5.35. The van der Waals surface area contributed by atoms with E-state index in [1.54, 1.807) is 25.3 Å². The van der Waals surface area contributed by atoms with Gasteiger partial charge in [-0.05, 0) is 68.7 Å². The first-order valence-electron chi connectivity index (χ1n) is 9.30. The van der Waals surface area contributed by atoms with Crippen LogP contribution in [0.5, 0.6) is 5.75 Å². The molecule has 0 bridgehead atoms. The molecular weight excluding hydrogens is 384 g/mol. The van der Waals surface area contributed by atoms with E-state index < -0.39 is 0 Å². The van der Waals surface area contributed by atoms with Gasteiger partial charge in [0.25, 0.3) is 0 Å². The van der Waals surface area contributed by atoms with E-state index in [0.29, 0.717) is 22.0 Å². The van der Waals surface area contributed by atoms with Crippen molar-refractivity contribution in [1.29, 1.82) is 0 Å². The van der Waals surface area contributed by atoms with Crippen molar-refractivity contribution in [3.05, 3.63) is 63.5 Å². The number of amides is 1. The molecule has 150 valence electrons. The second kappa shape index (κ2) is 8.57. The summed E-state index contributed by atoms with van der Waals surface area (Å²) in [5.41, 5.74) is 6.75. The molecule has 0 saturated carbocycles. The van der Waals surface area contributed by atoms with Crippen LogP contribution in [0.3, 0.4) is 0 Å². The molecule has 1 amide bonds. The van der Waals surface area contributed by atoms with E-state index in [0.717, 1.165) is 16.8 Å². The number of benzene rings is 2. The maximum atomic E-state index is 12.6. The number of aromatic nitrogens is 1. The number of nitrogens with one attached hydrogen (secondary N) is 1. The molecule has 1 aromatic heterocycles. The molecular formula is C23H24N2O3S. The molecule has 0 saturated heterocycles. The average Bonchev–Trinajstić information content (AvgIpc) is 3.12. The third-order valence-electron chi connectivity index (χ3n) is 4.91. The fourth-order valence-electron chi connectivity index (χ4n) is 3.16. The van der Waals surface area contributed by atoms with Gasteiger partial charge in [-0.15, -0.1) is 11.3 Å². The predicted molar refractivity (Wildman–Crippen MR) is 117 cm³/mol. The number of anilines is 1. The van der Waals surface area contributed by atoms with Crippen LogP contribution in [0, 0.1) is 20.8 Å². The van der Waals surface area contributed by atoms with Crippen LogP contribution in [0.25, 0.3) is 11.3 Å². The van der Waals surface area contributed by atoms with Crippen LogP contribution in [0.15, 0.2) is 35.7 Å². The van der Waals surface area contributed by atoms with Crippen molar-refractivity contribution in [2.75, 3.05) is 12.4 Å². The van der Waals surface area contributed by atoms with Gasteiger partial charge in [0, 0.05) is 22.1 Å². The standard InChI is InChI=1S/C23H24N2O3S/c1-13-8-15(3)19(9-14(13)2)20-12-29-23(24-20)25-22(27)11-18-10-17(16(4)26)6-7-21(18)28-5/h6-10,12H,11H2,1-5H3,(H,24,25,27). The molecule has 1 heterocycles. The lowest BCUT2D eigenvalue weighted by molar-refractivity contribution is -0.115. The van der Waals surface area contributed by atoms with E-state index in [1.807, 2.05) is 5.38 Å². The minimum atomic E-state index is -0.207. The van der Waals surface area contributed by atoms with Gasteiger partial charge in [-0.3, -0.25) is 9.59 Å². The number of hydrogen-bond donors (Lipinski definition) is 1. The Morgan fingerprint density at radius 3 is 2.48 bits per heavy atom. The number of ketones is 1. The minimum absolute atomic E-state index is 0.0531. The zero-order chi connectivity index (χ0) is 21.1. The highest BCUT2D eigenvalue weighted by Gasteiger charge is 2.14. The molecule has 0 fully saturated rings. The fourth-order valence-corrected chi connectivity index (χ4v) is 3.89. The second-order valence-corrected chi connectivity index (χ2v) is 7.96. The van der Waals surface area contributed by atoms with Crippen molar-refractivity contribution >= 4 is 28.2 Å². The van der Waals surface area contributed by atoms with E-state index in [4.69, 9.17) is 4.74 Å². The van der Waals surface area contributed by atoms with Gasteiger partial charge in [-0.2, -0.15) is 0 Å². The second-order valence-electron chi connectivity index (χ2n) is 7.10.